The molecule has 28 heavy (non-hydrogen) atoms. The van der Waals surface area contributed by atoms with Crippen molar-refractivity contribution < 1.29 is 14.3 Å². The molecule has 0 aromatic heterocycles. The summed E-state index contributed by atoms with van der Waals surface area (Å²) in [5.41, 5.74) is 3.24. The molecule has 0 aliphatic carbocycles. The van der Waals surface area contributed by atoms with E-state index in [0.29, 0.717) is 29.7 Å². The molecule has 1 amide bonds. The first-order valence-corrected chi connectivity index (χ1v) is 10.7. The minimum absolute atomic E-state index is 0.00787. The summed E-state index contributed by atoms with van der Waals surface area (Å²) in [7, 11) is 1.59. The van der Waals surface area contributed by atoms with Crippen LogP contribution in [0.5, 0.6) is 5.75 Å². The van der Waals surface area contributed by atoms with Gasteiger partial charge in [0.25, 0.3) is 5.91 Å². The zero-order valence-electron chi connectivity index (χ0n) is 16.9. The second-order valence-electron chi connectivity index (χ2n) is 7.49. The zero-order chi connectivity index (χ0) is 20.3. The lowest BCUT2D eigenvalue weighted by Gasteiger charge is -2.37. The van der Waals surface area contributed by atoms with E-state index in [1.165, 1.54) is 0 Å². The van der Waals surface area contributed by atoms with Crippen LogP contribution in [-0.4, -0.2) is 35.8 Å². The Labute approximate surface area is 171 Å². The van der Waals surface area contributed by atoms with Gasteiger partial charge in [-0.15, -0.1) is 0 Å². The number of Topliss-reactive ketones (excluding diaryl/α,β-unsaturated/α-hetero) is 1. The third-order valence-electron chi connectivity index (χ3n) is 5.37. The fraction of sp³-hybridized carbons (Fsp3) is 0.391. The molecule has 5 heteroatoms. The van der Waals surface area contributed by atoms with Gasteiger partial charge in [-0.25, -0.2) is 0 Å². The van der Waals surface area contributed by atoms with E-state index >= 15 is 0 Å². The molecule has 0 bridgehead atoms. The number of hydrogen-bond acceptors (Lipinski definition) is 4. The molecule has 2 aromatic rings. The first-order chi connectivity index (χ1) is 13.4. The fourth-order valence-electron chi connectivity index (χ4n) is 3.88. The summed E-state index contributed by atoms with van der Waals surface area (Å²) in [5, 5.41) is 3.12. The average molecular weight is 398 g/mol. The number of benzene rings is 2. The number of nitrogens with one attached hydrogen (secondary N) is 1. The van der Waals surface area contributed by atoms with E-state index in [-0.39, 0.29) is 11.7 Å². The van der Waals surface area contributed by atoms with Crippen molar-refractivity contribution in [3.05, 3.63) is 64.2 Å². The summed E-state index contributed by atoms with van der Waals surface area (Å²) in [6, 6.07) is 11.3. The molecule has 0 atom stereocenters. The Bertz CT molecular complexity index is 880. The second-order valence-corrected chi connectivity index (χ2v) is 8.71. The average Bonchev–Trinajstić information content (AvgIpc) is 2.67. The van der Waals surface area contributed by atoms with Crippen LogP contribution in [0.1, 0.15) is 50.2 Å². The highest BCUT2D eigenvalue weighted by Gasteiger charge is 2.42. The van der Waals surface area contributed by atoms with Crippen LogP contribution >= 0.6 is 11.8 Å². The van der Waals surface area contributed by atoms with Gasteiger partial charge in [0.2, 0.25) is 0 Å². The number of aryl methyl sites for hydroxylation is 2. The zero-order valence-corrected chi connectivity index (χ0v) is 17.7. The third-order valence-corrected chi connectivity index (χ3v) is 6.35. The summed E-state index contributed by atoms with van der Waals surface area (Å²) < 4.78 is 5.34. The standard InChI is InChI=1S/C23H27NO3S/c1-15-12-16(2)14-18(13-15)21(25)23(8-10-28-11-9-23)24-22(26)19-6-5-7-20(27-4)17(19)3/h5-7,12-14H,8-11H2,1-4H3,(H,24,26). The van der Waals surface area contributed by atoms with Crippen LogP contribution in [0.4, 0.5) is 0 Å². The second kappa shape index (κ2) is 8.39. The van der Waals surface area contributed by atoms with Gasteiger partial charge in [0.15, 0.2) is 5.78 Å². The number of ether oxygens (including phenoxy) is 1. The quantitative estimate of drug-likeness (QED) is 0.755. The van der Waals surface area contributed by atoms with Crippen molar-refractivity contribution in [2.24, 2.45) is 0 Å². The van der Waals surface area contributed by atoms with Crippen molar-refractivity contribution in [1.29, 1.82) is 0 Å². The van der Waals surface area contributed by atoms with E-state index in [2.05, 4.69) is 11.4 Å². The molecule has 0 saturated carbocycles. The van der Waals surface area contributed by atoms with Gasteiger partial charge in [-0.3, -0.25) is 9.59 Å². The Morgan fingerprint density at radius 1 is 1.04 bits per heavy atom. The van der Waals surface area contributed by atoms with Crippen LogP contribution in [0, 0.1) is 20.8 Å². The van der Waals surface area contributed by atoms with Crippen LogP contribution in [0.25, 0.3) is 0 Å². The SMILES string of the molecule is COc1cccc(C(=O)NC2(C(=O)c3cc(C)cc(C)c3)CCSCC2)c1C. The lowest BCUT2D eigenvalue weighted by atomic mass is 9.82. The van der Waals surface area contributed by atoms with Crippen LogP contribution in [0.2, 0.25) is 0 Å². The maximum Gasteiger partial charge on any atom is 0.252 e. The molecule has 1 N–H and O–H groups in total. The molecule has 0 unspecified atom stereocenters. The number of amides is 1. The van der Waals surface area contributed by atoms with E-state index in [1.54, 1.807) is 19.2 Å². The van der Waals surface area contributed by atoms with Gasteiger partial charge >= 0.3 is 0 Å². The summed E-state index contributed by atoms with van der Waals surface area (Å²) in [5.74, 6) is 2.16. The topological polar surface area (TPSA) is 55.4 Å². The summed E-state index contributed by atoms with van der Waals surface area (Å²) >= 11 is 1.82. The molecule has 1 heterocycles. The largest absolute Gasteiger partial charge is 0.496 e. The molecule has 4 nitrogen and oxygen atoms in total. The number of hydrogen-bond donors (Lipinski definition) is 1. The molecule has 1 aliphatic heterocycles. The monoisotopic (exact) mass is 397 g/mol. The predicted molar refractivity (Wildman–Crippen MR) is 115 cm³/mol. The van der Waals surface area contributed by atoms with Crippen molar-refractivity contribution in [2.45, 2.75) is 39.2 Å². The highest BCUT2D eigenvalue weighted by atomic mass is 32.2. The number of methoxy groups -OCH3 is 1. The summed E-state index contributed by atoms with van der Waals surface area (Å²) in [4.78, 5) is 26.7. The van der Waals surface area contributed by atoms with Crippen LogP contribution in [0.15, 0.2) is 36.4 Å². The highest BCUT2D eigenvalue weighted by Crippen LogP contribution is 2.32. The molecular weight excluding hydrogens is 370 g/mol. The first-order valence-electron chi connectivity index (χ1n) is 9.53. The van der Waals surface area contributed by atoms with E-state index in [0.717, 1.165) is 28.2 Å². The van der Waals surface area contributed by atoms with E-state index in [9.17, 15) is 9.59 Å². The van der Waals surface area contributed by atoms with Crippen molar-refractivity contribution >= 4 is 23.5 Å². The van der Waals surface area contributed by atoms with Crippen LogP contribution < -0.4 is 10.1 Å². The Kier molecular flexibility index (Phi) is 6.14. The summed E-state index contributed by atoms with van der Waals surface area (Å²) in [6.07, 6.45) is 1.27. The van der Waals surface area contributed by atoms with E-state index < -0.39 is 5.54 Å². The fourth-order valence-corrected chi connectivity index (χ4v) is 5.07. The van der Waals surface area contributed by atoms with Crippen molar-refractivity contribution in [1.82, 2.24) is 5.32 Å². The van der Waals surface area contributed by atoms with Gasteiger partial charge in [0, 0.05) is 16.7 Å². The van der Waals surface area contributed by atoms with Gasteiger partial charge in [0.1, 0.15) is 11.3 Å². The Hall–Kier alpha value is -2.27. The maximum atomic E-state index is 13.6. The number of ketones is 1. The number of carbonyl (C=O) groups is 2. The normalized spacial score (nSPS) is 15.7. The van der Waals surface area contributed by atoms with E-state index in [4.69, 9.17) is 4.74 Å². The van der Waals surface area contributed by atoms with Gasteiger partial charge in [-0.05, 0) is 69.4 Å². The molecule has 1 fully saturated rings. The highest BCUT2D eigenvalue weighted by molar-refractivity contribution is 7.99. The molecule has 3 rings (SSSR count). The molecule has 0 radical (unpaired) electrons. The summed E-state index contributed by atoms with van der Waals surface area (Å²) in [6.45, 7) is 5.85. The smallest absolute Gasteiger partial charge is 0.252 e. The predicted octanol–water partition coefficient (Wildman–Crippen LogP) is 4.50. The van der Waals surface area contributed by atoms with Gasteiger partial charge in [0.05, 0.1) is 7.11 Å². The third kappa shape index (κ3) is 4.09. The van der Waals surface area contributed by atoms with Gasteiger partial charge < -0.3 is 10.1 Å². The lowest BCUT2D eigenvalue weighted by molar-refractivity contribution is 0.0752. The van der Waals surface area contributed by atoms with Crippen LogP contribution in [0.3, 0.4) is 0 Å². The van der Waals surface area contributed by atoms with E-state index in [1.807, 2.05) is 50.7 Å². The Morgan fingerprint density at radius 2 is 1.68 bits per heavy atom. The van der Waals surface area contributed by atoms with Gasteiger partial charge in [-0.2, -0.15) is 11.8 Å². The maximum absolute atomic E-state index is 13.6. The molecule has 1 aliphatic rings. The Morgan fingerprint density at radius 3 is 2.29 bits per heavy atom. The minimum atomic E-state index is -0.863. The molecule has 1 saturated heterocycles. The number of rotatable bonds is 5. The van der Waals surface area contributed by atoms with Crippen molar-refractivity contribution in [3.63, 3.8) is 0 Å². The Balaban J connectivity index is 1.96. The number of thioether (sulfide) groups is 1. The number of carbonyl (C=O) groups excluding carboxylic acids is 2. The van der Waals surface area contributed by atoms with Gasteiger partial charge in [-0.1, -0.05) is 23.3 Å². The molecule has 0 spiro atoms. The minimum Gasteiger partial charge on any atom is -0.496 e. The molecule has 2 aromatic carbocycles. The van der Waals surface area contributed by atoms with Crippen molar-refractivity contribution in [3.8, 4) is 5.75 Å². The van der Waals surface area contributed by atoms with Crippen LogP contribution in [-0.2, 0) is 0 Å². The first kappa shape index (κ1) is 20.5. The lowest BCUT2D eigenvalue weighted by Crippen LogP contribution is -2.56. The molecular formula is C23H27NO3S. The molecule has 148 valence electrons. The van der Waals surface area contributed by atoms with Crippen molar-refractivity contribution in [2.75, 3.05) is 18.6 Å².